The number of aromatic amines is 1. The molecule has 1 aliphatic heterocycles. The van der Waals surface area contributed by atoms with Gasteiger partial charge < -0.3 is 19.4 Å². The van der Waals surface area contributed by atoms with Crippen molar-refractivity contribution in [3.63, 3.8) is 0 Å². The summed E-state index contributed by atoms with van der Waals surface area (Å²) < 4.78 is 8.16. The van der Waals surface area contributed by atoms with Crippen LogP contribution in [-0.4, -0.2) is 53.7 Å². The first kappa shape index (κ1) is 24.4. The standard InChI is InChI=1S/C25H22BrN7O4/c1-3-19-28-13(2)23(25(36)27-10-20(34)35)33(19)11-17-14-8-9-37-12-18(14)22(26)21(17)15-6-4-5-7-16(15)24-29-31-32-30-24/h4-9,12H,3,10-11H2,1-2H3,(H,27,36)(H,34,35)(H,29,30,31,32). The minimum Gasteiger partial charge on any atom is -0.480 e. The third-order valence-electron chi connectivity index (χ3n) is 6.14. The van der Waals surface area contributed by atoms with E-state index in [0.717, 1.165) is 37.9 Å². The van der Waals surface area contributed by atoms with E-state index >= 15 is 0 Å². The van der Waals surface area contributed by atoms with Gasteiger partial charge in [0, 0.05) is 27.6 Å². The fraction of sp³-hybridized carbons (Fsp3) is 0.200. The zero-order valence-corrected chi connectivity index (χ0v) is 21.5. The molecule has 5 rings (SSSR count). The Labute approximate surface area is 219 Å². The number of tetrazole rings is 1. The molecular formula is C25H22BrN7O4. The van der Waals surface area contributed by atoms with Crippen LogP contribution in [0.15, 0.2) is 51.7 Å². The molecule has 12 heteroatoms. The Balaban J connectivity index is 1.72. The Morgan fingerprint density at radius 3 is 2.65 bits per heavy atom. The van der Waals surface area contributed by atoms with Gasteiger partial charge in [0.05, 0.1) is 24.8 Å². The van der Waals surface area contributed by atoms with Crippen molar-refractivity contribution < 1.29 is 19.1 Å². The summed E-state index contributed by atoms with van der Waals surface area (Å²) >= 11 is 3.79. The Kier molecular flexibility index (Phi) is 6.57. The molecule has 3 aromatic rings. The Bertz CT molecular complexity index is 1570. The molecule has 0 fully saturated rings. The highest BCUT2D eigenvalue weighted by atomic mass is 79.9. The van der Waals surface area contributed by atoms with Crippen LogP contribution < -0.4 is 5.32 Å². The number of rotatable bonds is 8. The monoisotopic (exact) mass is 563 g/mol. The molecule has 0 saturated carbocycles. The summed E-state index contributed by atoms with van der Waals surface area (Å²) in [5, 5.41) is 25.9. The van der Waals surface area contributed by atoms with Gasteiger partial charge in [0.1, 0.15) is 18.1 Å². The zero-order chi connectivity index (χ0) is 26.1. The molecule has 0 spiro atoms. The lowest BCUT2D eigenvalue weighted by Crippen LogP contribution is -2.31. The molecule has 0 atom stereocenters. The number of carbonyl (C=O) groups is 2. The van der Waals surface area contributed by atoms with Crippen LogP contribution >= 0.6 is 15.9 Å². The highest BCUT2D eigenvalue weighted by Gasteiger charge is 2.28. The maximum Gasteiger partial charge on any atom is 0.322 e. The fourth-order valence-electron chi connectivity index (χ4n) is 4.58. The maximum atomic E-state index is 13.1. The topological polar surface area (TPSA) is 152 Å². The second-order valence-corrected chi connectivity index (χ2v) is 9.12. The maximum absolute atomic E-state index is 13.1. The number of carboxylic acids is 1. The molecule has 11 nitrogen and oxygen atoms in total. The van der Waals surface area contributed by atoms with Gasteiger partial charge in [0.2, 0.25) is 0 Å². The van der Waals surface area contributed by atoms with Crippen molar-refractivity contribution in [2.75, 3.05) is 6.54 Å². The molecule has 2 aromatic heterocycles. The quantitative estimate of drug-likeness (QED) is 0.257. The average molecular weight is 564 g/mol. The van der Waals surface area contributed by atoms with Gasteiger partial charge in [0.25, 0.3) is 5.91 Å². The van der Waals surface area contributed by atoms with Crippen LogP contribution in [0.5, 0.6) is 0 Å². The van der Waals surface area contributed by atoms with Crippen molar-refractivity contribution in [2.45, 2.75) is 26.8 Å². The first-order valence-electron chi connectivity index (χ1n) is 11.5. The van der Waals surface area contributed by atoms with Gasteiger partial charge in [-0.05, 0) is 56.0 Å². The highest BCUT2D eigenvalue weighted by Crippen LogP contribution is 2.48. The van der Waals surface area contributed by atoms with Crippen LogP contribution in [0.1, 0.15) is 34.5 Å². The third-order valence-corrected chi connectivity index (χ3v) is 6.96. The van der Waals surface area contributed by atoms with Gasteiger partial charge in [-0.3, -0.25) is 9.59 Å². The number of aromatic nitrogens is 6. The van der Waals surface area contributed by atoms with Gasteiger partial charge in [-0.2, -0.15) is 0 Å². The number of imidazole rings is 1. The molecule has 1 aliphatic carbocycles. The van der Waals surface area contributed by atoms with Gasteiger partial charge in [-0.25, -0.2) is 10.1 Å². The van der Waals surface area contributed by atoms with Gasteiger partial charge in [0.15, 0.2) is 5.82 Å². The molecular weight excluding hydrogens is 542 g/mol. The number of halogens is 1. The summed E-state index contributed by atoms with van der Waals surface area (Å²) in [6, 6.07) is 9.64. The zero-order valence-electron chi connectivity index (χ0n) is 19.9. The Hall–Kier alpha value is -4.32. The molecule has 3 N–H and O–H groups in total. The van der Waals surface area contributed by atoms with E-state index in [4.69, 9.17) is 9.52 Å². The first-order chi connectivity index (χ1) is 17.9. The van der Waals surface area contributed by atoms with Crippen molar-refractivity contribution in [3.05, 3.63) is 70.1 Å². The number of amides is 1. The molecule has 2 aliphatic rings. The number of H-pyrrole nitrogens is 1. The number of nitrogens with one attached hydrogen (secondary N) is 2. The number of hydrogen-bond acceptors (Lipinski definition) is 7. The van der Waals surface area contributed by atoms with Gasteiger partial charge in [-0.1, -0.05) is 31.2 Å². The third kappa shape index (κ3) is 4.40. The van der Waals surface area contributed by atoms with E-state index in [0.29, 0.717) is 36.0 Å². The largest absolute Gasteiger partial charge is 0.480 e. The minimum atomic E-state index is -1.12. The molecule has 3 heterocycles. The molecule has 188 valence electrons. The van der Waals surface area contributed by atoms with Crippen LogP contribution in [0.4, 0.5) is 0 Å². The van der Waals surface area contributed by atoms with Gasteiger partial charge >= 0.3 is 5.97 Å². The molecule has 0 bridgehead atoms. The van der Waals surface area contributed by atoms with Crippen LogP contribution in [0.25, 0.3) is 33.6 Å². The summed E-state index contributed by atoms with van der Waals surface area (Å²) in [4.78, 5) is 28.7. The van der Waals surface area contributed by atoms with E-state index in [2.05, 4.69) is 46.9 Å². The van der Waals surface area contributed by atoms with E-state index in [-0.39, 0.29) is 0 Å². The number of hydrogen-bond donors (Lipinski definition) is 3. The number of carboxylic acid groups (broad SMARTS) is 1. The Morgan fingerprint density at radius 2 is 1.95 bits per heavy atom. The predicted octanol–water partition coefficient (Wildman–Crippen LogP) is 3.92. The first-order valence-corrected chi connectivity index (χ1v) is 12.3. The number of benzene rings is 1. The second kappa shape index (κ2) is 9.97. The Morgan fingerprint density at radius 1 is 1.16 bits per heavy atom. The molecule has 37 heavy (non-hydrogen) atoms. The highest BCUT2D eigenvalue weighted by molar-refractivity contribution is 9.10. The van der Waals surface area contributed by atoms with Crippen LogP contribution in [0.3, 0.4) is 0 Å². The lowest BCUT2D eigenvalue weighted by molar-refractivity contribution is -0.135. The number of carbonyl (C=O) groups excluding carboxylic acids is 1. The van der Waals surface area contributed by atoms with E-state index in [1.165, 1.54) is 0 Å². The van der Waals surface area contributed by atoms with E-state index in [1.54, 1.807) is 19.5 Å². The lowest BCUT2D eigenvalue weighted by atomic mass is 9.97. The van der Waals surface area contributed by atoms with Crippen molar-refractivity contribution in [1.82, 2.24) is 35.5 Å². The smallest absolute Gasteiger partial charge is 0.322 e. The molecule has 0 saturated heterocycles. The number of fused-ring (bicyclic) bond motifs is 1. The molecule has 0 radical (unpaired) electrons. The van der Waals surface area contributed by atoms with Crippen LogP contribution in [0, 0.1) is 6.92 Å². The van der Waals surface area contributed by atoms with E-state index < -0.39 is 18.4 Å². The molecule has 1 aromatic carbocycles. The summed E-state index contributed by atoms with van der Waals surface area (Å²) in [6.45, 7) is 3.53. The summed E-state index contributed by atoms with van der Waals surface area (Å²) in [5.74, 6) is -0.386. The van der Waals surface area contributed by atoms with Crippen molar-refractivity contribution in [3.8, 4) is 33.6 Å². The number of aryl methyl sites for hydroxylation is 2. The van der Waals surface area contributed by atoms with E-state index in [1.807, 2.05) is 41.8 Å². The van der Waals surface area contributed by atoms with Crippen molar-refractivity contribution in [2.24, 2.45) is 0 Å². The average Bonchev–Trinajstić information content (AvgIpc) is 3.61. The number of nitrogens with zero attached hydrogens (tertiary/aromatic N) is 5. The van der Waals surface area contributed by atoms with Crippen LogP contribution in [-0.2, 0) is 17.8 Å². The molecule has 1 amide bonds. The lowest BCUT2D eigenvalue weighted by Gasteiger charge is -2.15. The summed E-state index contributed by atoms with van der Waals surface area (Å²) in [6.07, 6.45) is 3.86. The van der Waals surface area contributed by atoms with Gasteiger partial charge in [-0.15, -0.1) is 5.10 Å². The van der Waals surface area contributed by atoms with Crippen LogP contribution in [0.2, 0.25) is 0 Å². The van der Waals surface area contributed by atoms with Crippen molar-refractivity contribution >= 4 is 27.8 Å². The van der Waals surface area contributed by atoms with E-state index in [9.17, 15) is 9.59 Å². The second-order valence-electron chi connectivity index (χ2n) is 8.33. The summed E-state index contributed by atoms with van der Waals surface area (Å²) in [5.41, 5.74) is 6.16. The van der Waals surface area contributed by atoms with Crippen molar-refractivity contribution in [1.29, 1.82) is 0 Å². The SMILES string of the molecule is CCc1nc(C)c(C(=O)NCC(=O)O)n1Cc1c2ccocc-2c(Br)c1-c1ccccc1-c1nnn[nH]1. The normalized spacial score (nSPS) is 11.2. The molecule has 0 unspecified atom stereocenters. The predicted molar refractivity (Wildman–Crippen MR) is 137 cm³/mol. The summed E-state index contributed by atoms with van der Waals surface area (Å²) in [7, 11) is 0. The minimum absolute atomic E-state index is 0.310. The number of aliphatic carboxylic acids is 1. The fourth-order valence-corrected chi connectivity index (χ4v) is 5.34.